The Balaban J connectivity index is 2.13. The number of ether oxygens (including phenoxy) is 1. The first-order valence-corrected chi connectivity index (χ1v) is 6.49. The number of hydrogen-bond acceptors (Lipinski definition) is 6. The van der Waals surface area contributed by atoms with Crippen LogP contribution in [0.4, 0.5) is 10.5 Å². The summed E-state index contributed by atoms with van der Waals surface area (Å²) in [4.78, 5) is 25.5. The van der Waals surface area contributed by atoms with Crippen molar-refractivity contribution in [3.8, 4) is 5.75 Å². The van der Waals surface area contributed by atoms with E-state index in [9.17, 15) is 14.9 Å². The largest absolute Gasteiger partial charge is 0.525 e. The number of hydrogen-bond donors (Lipinski definition) is 1. The predicted octanol–water partition coefficient (Wildman–Crippen LogP) is 2.39. The molecule has 0 atom stereocenters. The third-order valence-corrected chi connectivity index (χ3v) is 3.53. The molecule has 0 radical (unpaired) electrons. The highest BCUT2D eigenvalue weighted by atomic mass is 16.8. The average Bonchev–Trinajstić information content (AvgIpc) is 2.46. The predicted molar refractivity (Wildman–Crippen MR) is 72.3 cm³/mol. The summed E-state index contributed by atoms with van der Waals surface area (Å²) in [5, 5.41) is 20.8. The summed E-state index contributed by atoms with van der Waals surface area (Å²) >= 11 is 0. The molecule has 1 N–H and O–H groups in total. The van der Waals surface area contributed by atoms with E-state index in [1.165, 1.54) is 24.3 Å². The minimum absolute atomic E-state index is 0.0232. The van der Waals surface area contributed by atoms with Crippen LogP contribution < -0.4 is 4.74 Å². The second kappa shape index (κ2) is 6.40. The molecule has 21 heavy (non-hydrogen) atoms. The number of carbonyl (C=O) groups is 1. The van der Waals surface area contributed by atoms with Gasteiger partial charge < -0.3 is 14.7 Å². The Morgan fingerprint density at radius 2 is 2.10 bits per heavy atom. The van der Waals surface area contributed by atoms with Crippen LogP contribution in [-0.2, 0) is 4.84 Å². The first kappa shape index (κ1) is 15.0. The molecule has 0 amide bonds. The van der Waals surface area contributed by atoms with Crippen LogP contribution in [0.2, 0.25) is 0 Å². The van der Waals surface area contributed by atoms with Gasteiger partial charge in [-0.15, -0.1) is 5.06 Å². The molecule has 0 aromatic heterocycles. The van der Waals surface area contributed by atoms with Crippen molar-refractivity contribution in [3.63, 3.8) is 0 Å². The molecule has 1 aliphatic rings. The monoisotopic (exact) mass is 296 g/mol. The minimum Gasteiger partial charge on any atom is -0.496 e. The molecule has 1 aliphatic heterocycles. The van der Waals surface area contributed by atoms with Crippen molar-refractivity contribution in [2.24, 2.45) is 0 Å². The molecule has 8 heteroatoms. The molecule has 8 nitrogen and oxygen atoms in total. The molecule has 1 heterocycles. The van der Waals surface area contributed by atoms with Gasteiger partial charge in [-0.1, -0.05) is 0 Å². The lowest BCUT2D eigenvalue weighted by molar-refractivity contribution is -0.385. The molecule has 114 valence electrons. The summed E-state index contributed by atoms with van der Waals surface area (Å²) in [5.74, 6) is 0.687. The lowest BCUT2D eigenvalue weighted by atomic mass is 9.89. The smallest absolute Gasteiger partial charge is 0.496 e. The van der Waals surface area contributed by atoms with E-state index in [-0.39, 0.29) is 11.6 Å². The van der Waals surface area contributed by atoms with Gasteiger partial charge in [-0.3, -0.25) is 10.1 Å². The van der Waals surface area contributed by atoms with Crippen molar-refractivity contribution >= 4 is 11.8 Å². The van der Waals surface area contributed by atoms with Crippen LogP contribution in [0.3, 0.4) is 0 Å². The summed E-state index contributed by atoms with van der Waals surface area (Å²) in [5.41, 5.74) is 0.802. The Bertz CT molecular complexity index is 539. The van der Waals surface area contributed by atoms with Gasteiger partial charge in [0.1, 0.15) is 5.75 Å². The van der Waals surface area contributed by atoms with E-state index in [1.807, 2.05) is 0 Å². The van der Waals surface area contributed by atoms with Gasteiger partial charge in [-0.05, 0) is 24.8 Å². The number of methoxy groups -OCH3 is 1. The Hall–Kier alpha value is -2.35. The van der Waals surface area contributed by atoms with Crippen molar-refractivity contribution in [2.45, 2.75) is 18.8 Å². The van der Waals surface area contributed by atoms with E-state index in [0.29, 0.717) is 31.7 Å². The molecule has 0 saturated carbocycles. The summed E-state index contributed by atoms with van der Waals surface area (Å²) < 4.78 is 5.26. The maximum absolute atomic E-state index is 10.9. The number of rotatable bonds is 4. The van der Waals surface area contributed by atoms with E-state index in [4.69, 9.17) is 9.84 Å². The molecule has 0 spiro atoms. The third kappa shape index (κ3) is 3.60. The summed E-state index contributed by atoms with van der Waals surface area (Å²) in [6, 6.07) is 4.52. The van der Waals surface area contributed by atoms with Crippen molar-refractivity contribution in [3.05, 3.63) is 33.9 Å². The number of benzene rings is 1. The van der Waals surface area contributed by atoms with Crippen LogP contribution in [0.25, 0.3) is 0 Å². The molecule has 1 aromatic rings. The zero-order valence-corrected chi connectivity index (χ0v) is 11.5. The molecule has 1 aromatic carbocycles. The standard InChI is InChI=1S/C13H16N2O6/c1-20-12-3-2-10(15(18)19)8-11(12)9-4-6-14(7-5-9)21-13(16)17/h2-3,8-9H,4-7H2,1H3,(H,16,17). The molecule has 1 fully saturated rings. The number of piperidine rings is 1. The van der Waals surface area contributed by atoms with Gasteiger partial charge in [0.05, 0.1) is 12.0 Å². The topological polar surface area (TPSA) is 102 Å². The van der Waals surface area contributed by atoms with Gasteiger partial charge in [0.15, 0.2) is 0 Å². The van der Waals surface area contributed by atoms with E-state index in [1.54, 1.807) is 6.07 Å². The maximum atomic E-state index is 10.9. The lowest BCUT2D eigenvalue weighted by Gasteiger charge is -2.30. The molecular formula is C13H16N2O6. The number of carboxylic acid groups (broad SMARTS) is 1. The number of non-ortho nitro benzene ring substituents is 1. The Morgan fingerprint density at radius 1 is 1.43 bits per heavy atom. The lowest BCUT2D eigenvalue weighted by Crippen LogP contribution is -2.34. The second-order valence-corrected chi connectivity index (χ2v) is 4.74. The van der Waals surface area contributed by atoms with Crippen LogP contribution in [0.1, 0.15) is 24.3 Å². The number of nitro benzene ring substituents is 1. The van der Waals surface area contributed by atoms with Gasteiger partial charge in [0.25, 0.3) is 5.69 Å². The molecular weight excluding hydrogens is 280 g/mol. The SMILES string of the molecule is COc1ccc([N+](=O)[O-])cc1C1CCN(OC(=O)O)CC1. The number of nitro groups is 1. The quantitative estimate of drug-likeness (QED) is 0.672. The van der Waals surface area contributed by atoms with Crippen LogP contribution in [-0.4, -0.2) is 41.4 Å². The van der Waals surface area contributed by atoms with Gasteiger partial charge in [-0.2, -0.15) is 0 Å². The van der Waals surface area contributed by atoms with Crippen LogP contribution in [0.5, 0.6) is 5.75 Å². The maximum Gasteiger partial charge on any atom is 0.525 e. The Labute approximate surface area is 121 Å². The number of hydroxylamine groups is 2. The zero-order valence-electron chi connectivity index (χ0n) is 11.5. The van der Waals surface area contributed by atoms with Crippen molar-refractivity contribution in [1.29, 1.82) is 0 Å². The highest BCUT2D eigenvalue weighted by molar-refractivity contribution is 5.56. The van der Waals surface area contributed by atoms with Crippen molar-refractivity contribution in [2.75, 3.05) is 20.2 Å². The molecule has 2 rings (SSSR count). The molecule has 0 bridgehead atoms. The summed E-state index contributed by atoms with van der Waals surface area (Å²) in [7, 11) is 1.52. The fourth-order valence-electron chi connectivity index (χ4n) is 2.52. The average molecular weight is 296 g/mol. The first-order valence-electron chi connectivity index (χ1n) is 6.49. The third-order valence-electron chi connectivity index (χ3n) is 3.53. The second-order valence-electron chi connectivity index (χ2n) is 4.74. The van der Waals surface area contributed by atoms with E-state index in [2.05, 4.69) is 4.84 Å². The van der Waals surface area contributed by atoms with Gasteiger partial charge >= 0.3 is 6.16 Å². The highest BCUT2D eigenvalue weighted by Crippen LogP contribution is 2.36. The van der Waals surface area contributed by atoms with Crippen molar-refractivity contribution in [1.82, 2.24) is 5.06 Å². The normalized spacial score (nSPS) is 16.4. The summed E-state index contributed by atoms with van der Waals surface area (Å²) in [6.07, 6.45) is -0.0447. The fraction of sp³-hybridized carbons (Fsp3) is 0.462. The number of nitrogens with zero attached hydrogens (tertiary/aromatic N) is 2. The van der Waals surface area contributed by atoms with Gasteiger partial charge in [0.2, 0.25) is 0 Å². The van der Waals surface area contributed by atoms with Gasteiger partial charge in [0, 0.05) is 30.8 Å². The minimum atomic E-state index is -1.33. The van der Waals surface area contributed by atoms with Crippen LogP contribution in [0, 0.1) is 10.1 Å². The van der Waals surface area contributed by atoms with Gasteiger partial charge in [-0.25, -0.2) is 4.79 Å². The van der Waals surface area contributed by atoms with Crippen LogP contribution >= 0.6 is 0 Å². The van der Waals surface area contributed by atoms with Crippen LogP contribution in [0.15, 0.2) is 18.2 Å². The molecule has 1 saturated heterocycles. The Morgan fingerprint density at radius 3 is 2.62 bits per heavy atom. The van der Waals surface area contributed by atoms with E-state index in [0.717, 1.165) is 5.56 Å². The van der Waals surface area contributed by atoms with Crippen molar-refractivity contribution < 1.29 is 24.4 Å². The highest BCUT2D eigenvalue weighted by Gasteiger charge is 2.26. The first-order chi connectivity index (χ1) is 10.0. The Kier molecular flexibility index (Phi) is 4.59. The van der Waals surface area contributed by atoms with E-state index >= 15 is 0 Å². The zero-order chi connectivity index (χ0) is 15.4. The van der Waals surface area contributed by atoms with E-state index < -0.39 is 11.1 Å². The summed E-state index contributed by atoms with van der Waals surface area (Å²) in [6.45, 7) is 0.894. The fourth-order valence-corrected chi connectivity index (χ4v) is 2.52. The molecule has 0 aliphatic carbocycles. The molecule has 0 unspecified atom stereocenters.